The van der Waals surface area contributed by atoms with Crippen LogP contribution in [0.4, 0.5) is 10.5 Å². The Balaban J connectivity index is 1.41. The van der Waals surface area contributed by atoms with Gasteiger partial charge in [-0.05, 0) is 55.5 Å². The second kappa shape index (κ2) is 9.11. The van der Waals surface area contributed by atoms with Crippen molar-refractivity contribution in [3.63, 3.8) is 0 Å². The summed E-state index contributed by atoms with van der Waals surface area (Å²) in [5.41, 5.74) is 2.87. The van der Waals surface area contributed by atoms with Crippen molar-refractivity contribution in [3.05, 3.63) is 66.0 Å². The highest BCUT2D eigenvalue weighted by Gasteiger charge is 2.27. The van der Waals surface area contributed by atoms with E-state index in [1.165, 1.54) is 12.0 Å². The summed E-state index contributed by atoms with van der Waals surface area (Å²) in [7, 11) is 0. The second-order valence-electron chi connectivity index (χ2n) is 8.15. The first-order chi connectivity index (χ1) is 14.6. The number of rotatable bonds is 5. The lowest BCUT2D eigenvalue weighted by molar-refractivity contribution is 0.162. The zero-order valence-electron chi connectivity index (χ0n) is 17.5. The molecule has 156 valence electrons. The fourth-order valence-corrected chi connectivity index (χ4v) is 3.84. The Morgan fingerprint density at radius 1 is 1.13 bits per heavy atom. The van der Waals surface area contributed by atoms with Crippen molar-refractivity contribution in [2.75, 3.05) is 11.9 Å². The van der Waals surface area contributed by atoms with Crippen LogP contribution in [-0.2, 0) is 6.42 Å². The van der Waals surface area contributed by atoms with Crippen molar-refractivity contribution in [1.29, 1.82) is 0 Å². The quantitative estimate of drug-likeness (QED) is 0.610. The van der Waals surface area contributed by atoms with E-state index >= 15 is 0 Å². The molecule has 2 amide bonds. The van der Waals surface area contributed by atoms with E-state index in [4.69, 9.17) is 4.52 Å². The molecule has 0 saturated carbocycles. The highest BCUT2D eigenvalue weighted by atomic mass is 16.5. The third-order valence-electron chi connectivity index (χ3n) is 5.54. The van der Waals surface area contributed by atoms with E-state index in [9.17, 15) is 4.79 Å². The van der Waals surface area contributed by atoms with Gasteiger partial charge in [-0.25, -0.2) is 4.79 Å². The first-order valence-corrected chi connectivity index (χ1v) is 10.7. The molecule has 1 atom stereocenters. The maximum Gasteiger partial charge on any atom is 0.322 e. The molecular weight excluding hydrogens is 376 g/mol. The van der Waals surface area contributed by atoms with Gasteiger partial charge in [-0.3, -0.25) is 0 Å². The van der Waals surface area contributed by atoms with Gasteiger partial charge < -0.3 is 14.7 Å². The zero-order valence-corrected chi connectivity index (χ0v) is 17.5. The minimum Gasteiger partial charge on any atom is -0.334 e. The summed E-state index contributed by atoms with van der Waals surface area (Å²) < 4.78 is 5.34. The summed E-state index contributed by atoms with van der Waals surface area (Å²) in [4.78, 5) is 19.4. The van der Waals surface area contributed by atoms with Crippen LogP contribution in [0.25, 0.3) is 11.5 Å². The van der Waals surface area contributed by atoms with Crippen LogP contribution >= 0.6 is 0 Å². The summed E-state index contributed by atoms with van der Waals surface area (Å²) >= 11 is 0. The van der Waals surface area contributed by atoms with Gasteiger partial charge in [0.25, 0.3) is 5.89 Å². The molecule has 1 aliphatic rings. The summed E-state index contributed by atoms with van der Waals surface area (Å²) in [6.45, 7) is 4.85. The van der Waals surface area contributed by atoms with Gasteiger partial charge in [0, 0.05) is 29.8 Å². The first kappa shape index (κ1) is 20.1. The van der Waals surface area contributed by atoms with Crippen LogP contribution < -0.4 is 5.32 Å². The zero-order chi connectivity index (χ0) is 20.9. The smallest absolute Gasteiger partial charge is 0.322 e. The van der Waals surface area contributed by atoms with Crippen LogP contribution in [0.1, 0.15) is 50.4 Å². The third-order valence-corrected chi connectivity index (χ3v) is 5.54. The molecule has 1 saturated heterocycles. The van der Waals surface area contributed by atoms with E-state index in [1.807, 2.05) is 49.1 Å². The molecule has 0 aliphatic carbocycles. The Labute approximate surface area is 177 Å². The van der Waals surface area contributed by atoms with E-state index in [2.05, 4.69) is 39.7 Å². The van der Waals surface area contributed by atoms with Crippen LogP contribution in [-0.4, -0.2) is 33.7 Å². The van der Waals surface area contributed by atoms with Gasteiger partial charge in [0.1, 0.15) is 0 Å². The molecule has 3 aromatic rings. The third kappa shape index (κ3) is 4.70. The molecule has 6 heteroatoms. The van der Waals surface area contributed by atoms with Gasteiger partial charge in [-0.2, -0.15) is 4.98 Å². The van der Waals surface area contributed by atoms with Gasteiger partial charge >= 0.3 is 6.03 Å². The van der Waals surface area contributed by atoms with Crippen LogP contribution in [0.15, 0.2) is 59.1 Å². The Hall–Kier alpha value is -3.15. The SMILES string of the molecule is CC(C)c1noc(-c2ccc(NC(=O)N3CCCCC3Cc3ccccc3)cc2)n1. The normalized spacial score (nSPS) is 16.6. The maximum absolute atomic E-state index is 13.0. The average Bonchev–Trinajstić information content (AvgIpc) is 3.26. The monoisotopic (exact) mass is 404 g/mol. The number of urea groups is 1. The molecule has 1 aliphatic heterocycles. The highest BCUT2D eigenvalue weighted by Crippen LogP contribution is 2.24. The number of nitrogens with zero attached hydrogens (tertiary/aromatic N) is 3. The number of piperidine rings is 1. The fraction of sp³-hybridized carbons (Fsp3) is 0.375. The molecule has 1 aromatic heterocycles. The largest absolute Gasteiger partial charge is 0.334 e. The molecule has 0 spiro atoms. The number of hydrogen-bond acceptors (Lipinski definition) is 4. The van der Waals surface area contributed by atoms with E-state index < -0.39 is 0 Å². The first-order valence-electron chi connectivity index (χ1n) is 10.7. The minimum absolute atomic E-state index is 0.0386. The topological polar surface area (TPSA) is 71.3 Å². The molecular formula is C24H28N4O2. The van der Waals surface area contributed by atoms with Crippen molar-refractivity contribution in [3.8, 4) is 11.5 Å². The fourth-order valence-electron chi connectivity index (χ4n) is 3.84. The molecule has 4 rings (SSSR count). The maximum atomic E-state index is 13.0. The number of hydrogen-bond donors (Lipinski definition) is 1. The van der Waals surface area contributed by atoms with Crippen LogP contribution in [0.2, 0.25) is 0 Å². The van der Waals surface area contributed by atoms with Crippen molar-refractivity contribution in [1.82, 2.24) is 15.0 Å². The van der Waals surface area contributed by atoms with Crippen LogP contribution in [0.5, 0.6) is 0 Å². The molecule has 0 bridgehead atoms. The number of amides is 2. The molecule has 2 heterocycles. The molecule has 2 aromatic carbocycles. The van der Waals surface area contributed by atoms with Crippen molar-refractivity contribution < 1.29 is 9.32 Å². The van der Waals surface area contributed by atoms with Crippen molar-refractivity contribution >= 4 is 11.7 Å². The lowest BCUT2D eigenvalue weighted by atomic mass is 9.96. The average molecular weight is 405 g/mol. The predicted octanol–water partition coefficient (Wildman–Crippen LogP) is 5.49. The Kier molecular flexibility index (Phi) is 6.12. The number of carbonyl (C=O) groups is 1. The number of anilines is 1. The summed E-state index contributed by atoms with van der Waals surface area (Å²) in [5, 5.41) is 7.05. The van der Waals surface area contributed by atoms with Gasteiger partial charge in [0.15, 0.2) is 5.82 Å². The van der Waals surface area contributed by atoms with E-state index in [1.54, 1.807) is 0 Å². The molecule has 1 fully saturated rings. The number of nitrogens with one attached hydrogen (secondary N) is 1. The highest BCUT2D eigenvalue weighted by molar-refractivity contribution is 5.89. The molecule has 1 N–H and O–H groups in total. The lowest BCUT2D eigenvalue weighted by Crippen LogP contribution is -2.46. The van der Waals surface area contributed by atoms with Gasteiger partial charge in [0.2, 0.25) is 0 Å². The molecule has 0 radical (unpaired) electrons. The number of benzene rings is 2. The van der Waals surface area contributed by atoms with Gasteiger partial charge in [-0.15, -0.1) is 0 Å². The summed E-state index contributed by atoms with van der Waals surface area (Å²) in [5.74, 6) is 1.40. The predicted molar refractivity (Wildman–Crippen MR) is 117 cm³/mol. The van der Waals surface area contributed by atoms with E-state index in [-0.39, 0.29) is 18.0 Å². The lowest BCUT2D eigenvalue weighted by Gasteiger charge is -2.36. The Morgan fingerprint density at radius 3 is 2.60 bits per heavy atom. The van der Waals surface area contributed by atoms with Crippen molar-refractivity contribution in [2.24, 2.45) is 0 Å². The van der Waals surface area contributed by atoms with Gasteiger partial charge in [-0.1, -0.05) is 49.3 Å². The van der Waals surface area contributed by atoms with E-state index in [0.717, 1.165) is 37.1 Å². The van der Waals surface area contributed by atoms with Crippen LogP contribution in [0.3, 0.4) is 0 Å². The molecule has 6 nitrogen and oxygen atoms in total. The standard InChI is InChI=1S/C24H28N4O2/c1-17(2)22-26-23(30-27-22)19-11-13-20(14-12-19)25-24(29)28-15-7-6-10-21(28)16-18-8-4-3-5-9-18/h3-5,8-9,11-14,17,21H,6-7,10,15-16H2,1-2H3,(H,25,29). The minimum atomic E-state index is -0.0386. The Morgan fingerprint density at radius 2 is 1.90 bits per heavy atom. The Bertz CT molecular complexity index is 966. The second-order valence-corrected chi connectivity index (χ2v) is 8.15. The van der Waals surface area contributed by atoms with E-state index in [0.29, 0.717) is 11.7 Å². The summed E-state index contributed by atoms with van der Waals surface area (Å²) in [6.07, 6.45) is 4.14. The number of aromatic nitrogens is 2. The van der Waals surface area contributed by atoms with Gasteiger partial charge in [0.05, 0.1) is 0 Å². The number of carbonyl (C=O) groups excluding carboxylic acids is 1. The van der Waals surface area contributed by atoms with Crippen LogP contribution in [0, 0.1) is 0 Å². The summed E-state index contributed by atoms with van der Waals surface area (Å²) in [6, 6.07) is 18.1. The molecule has 1 unspecified atom stereocenters. The number of likely N-dealkylation sites (tertiary alicyclic amines) is 1. The van der Waals surface area contributed by atoms with Crippen molar-refractivity contribution in [2.45, 2.75) is 51.5 Å². The molecule has 30 heavy (non-hydrogen) atoms.